The summed E-state index contributed by atoms with van der Waals surface area (Å²) in [5.74, 6) is 0. The van der Waals surface area contributed by atoms with Crippen molar-refractivity contribution in [1.82, 2.24) is 4.98 Å². The quantitative estimate of drug-likeness (QED) is 0.680. The molecule has 0 saturated carbocycles. The standard InChI is InChI=1S/C11H10BrN/c1-7-5-11(12)8(2)9-3-4-13-6-10(7)9/h3-6H,1-2H3. The van der Waals surface area contributed by atoms with Crippen LogP contribution in [-0.4, -0.2) is 4.98 Å². The molecule has 0 bridgehead atoms. The van der Waals surface area contributed by atoms with Gasteiger partial charge in [0.2, 0.25) is 0 Å². The van der Waals surface area contributed by atoms with E-state index in [0.29, 0.717) is 0 Å². The van der Waals surface area contributed by atoms with E-state index in [4.69, 9.17) is 0 Å². The fraction of sp³-hybridized carbons (Fsp3) is 0.182. The molecule has 1 aromatic heterocycles. The Morgan fingerprint density at radius 3 is 2.77 bits per heavy atom. The largest absolute Gasteiger partial charge is 0.264 e. The van der Waals surface area contributed by atoms with Gasteiger partial charge in [-0.3, -0.25) is 4.98 Å². The van der Waals surface area contributed by atoms with Crippen molar-refractivity contribution in [1.29, 1.82) is 0 Å². The Labute approximate surface area is 85.9 Å². The maximum atomic E-state index is 4.13. The molecule has 0 amide bonds. The van der Waals surface area contributed by atoms with Crippen LogP contribution >= 0.6 is 15.9 Å². The summed E-state index contributed by atoms with van der Waals surface area (Å²) < 4.78 is 1.17. The molecule has 0 fully saturated rings. The van der Waals surface area contributed by atoms with E-state index in [1.807, 2.05) is 12.4 Å². The first kappa shape index (κ1) is 8.70. The summed E-state index contributed by atoms with van der Waals surface area (Å²) in [6.07, 6.45) is 3.76. The number of pyridine rings is 1. The number of aryl methyl sites for hydroxylation is 2. The maximum absolute atomic E-state index is 4.13. The normalized spacial score (nSPS) is 10.7. The van der Waals surface area contributed by atoms with Gasteiger partial charge in [-0.1, -0.05) is 15.9 Å². The van der Waals surface area contributed by atoms with Crippen molar-refractivity contribution in [3.05, 3.63) is 40.1 Å². The number of halogens is 1. The molecule has 1 heterocycles. The molecule has 0 aliphatic carbocycles. The zero-order valence-corrected chi connectivity index (χ0v) is 9.22. The first-order chi connectivity index (χ1) is 6.20. The van der Waals surface area contributed by atoms with Gasteiger partial charge in [-0.05, 0) is 42.5 Å². The zero-order chi connectivity index (χ0) is 9.42. The van der Waals surface area contributed by atoms with Crippen molar-refractivity contribution < 1.29 is 0 Å². The van der Waals surface area contributed by atoms with Gasteiger partial charge in [0, 0.05) is 22.3 Å². The molecule has 0 aliphatic heterocycles. The number of hydrogen-bond acceptors (Lipinski definition) is 1. The third-order valence-electron chi connectivity index (χ3n) is 2.35. The van der Waals surface area contributed by atoms with Crippen LogP contribution in [0.5, 0.6) is 0 Å². The molecule has 0 saturated heterocycles. The van der Waals surface area contributed by atoms with E-state index in [2.05, 4.69) is 46.9 Å². The highest BCUT2D eigenvalue weighted by molar-refractivity contribution is 9.10. The third-order valence-corrected chi connectivity index (χ3v) is 3.18. The number of hydrogen-bond donors (Lipinski definition) is 0. The van der Waals surface area contributed by atoms with Crippen LogP contribution in [0, 0.1) is 13.8 Å². The van der Waals surface area contributed by atoms with Gasteiger partial charge in [-0.2, -0.15) is 0 Å². The van der Waals surface area contributed by atoms with Crippen LogP contribution < -0.4 is 0 Å². The van der Waals surface area contributed by atoms with Gasteiger partial charge in [0.15, 0.2) is 0 Å². The van der Waals surface area contributed by atoms with Gasteiger partial charge in [0.05, 0.1) is 0 Å². The minimum Gasteiger partial charge on any atom is -0.264 e. The summed E-state index contributed by atoms with van der Waals surface area (Å²) in [7, 11) is 0. The molecule has 0 spiro atoms. The fourth-order valence-corrected chi connectivity index (χ4v) is 2.10. The van der Waals surface area contributed by atoms with Crippen molar-refractivity contribution >= 4 is 26.7 Å². The topological polar surface area (TPSA) is 12.9 Å². The SMILES string of the molecule is Cc1cc(Br)c(C)c2ccncc12. The lowest BCUT2D eigenvalue weighted by atomic mass is 10.0. The van der Waals surface area contributed by atoms with Crippen LogP contribution in [0.4, 0.5) is 0 Å². The minimum atomic E-state index is 1.17. The van der Waals surface area contributed by atoms with Gasteiger partial charge in [0.1, 0.15) is 0 Å². The van der Waals surface area contributed by atoms with Crippen LogP contribution in [0.3, 0.4) is 0 Å². The molecule has 0 N–H and O–H groups in total. The molecule has 66 valence electrons. The Hall–Kier alpha value is -0.890. The second kappa shape index (κ2) is 3.11. The molecular weight excluding hydrogens is 226 g/mol. The minimum absolute atomic E-state index is 1.17. The molecule has 1 nitrogen and oxygen atoms in total. The summed E-state index contributed by atoms with van der Waals surface area (Å²) in [5, 5.41) is 2.52. The Bertz CT molecular complexity index is 463. The monoisotopic (exact) mass is 235 g/mol. The van der Waals surface area contributed by atoms with E-state index in [1.165, 1.54) is 26.4 Å². The number of rotatable bonds is 0. The highest BCUT2D eigenvalue weighted by Gasteiger charge is 2.03. The first-order valence-corrected chi connectivity index (χ1v) is 4.99. The second-order valence-electron chi connectivity index (χ2n) is 3.22. The van der Waals surface area contributed by atoms with Crippen molar-refractivity contribution in [2.24, 2.45) is 0 Å². The average Bonchev–Trinajstić information content (AvgIpc) is 2.15. The molecule has 13 heavy (non-hydrogen) atoms. The first-order valence-electron chi connectivity index (χ1n) is 4.19. The molecule has 1 aromatic carbocycles. The van der Waals surface area contributed by atoms with E-state index in [9.17, 15) is 0 Å². The number of fused-ring (bicyclic) bond motifs is 1. The van der Waals surface area contributed by atoms with Crippen LogP contribution in [-0.2, 0) is 0 Å². The van der Waals surface area contributed by atoms with Gasteiger partial charge in [-0.25, -0.2) is 0 Å². The molecule has 2 rings (SSSR count). The van der Waals surface area contributed by atoms with Gasteiger partial charge >= 0.3 is 0 Å². The predicted molar refractivity (Wildman–Crippen MR) is 58.9 cm³/mol. The average molecular weight is 236 g/mol. The molecule has 0 unspecified atom stereocenters. The Kier molecular flexibility index (Phi) is 2.08. The summed E-state index contributed by atoms with van der Waals surface area (Å²) in [5.41, 5.74) is 2.54. The Balaban J connectivity index is 2.97. The van der Waals surface area contributed by atoms with Crippen molar-refractivity contribution in [2.75, 3.05) is 0 Å². The van der Waals surface area contributed by atoms with Crippen LogP contribution in [0.15, 0.2) is 29.0 Å². The lowest BCUT2D eigenvalue weighted by molar-refractivity contribution is 1.33. The summed E-state index contributed by atoms with van der Waals surface area (Å²) >= 11 is 3.55. The lowest BCUT2D eigenvalue weighted by Gasteiger charge is -2.06. The van der Waals surface area contributed by atoms with Crippen molar-refractivity contribution in [3.8, 4) is 0 Å². The van der Waals surface area contributed by atoms with Crippen LogP contribution in [0.1, 0.15) is 11.1 Å². The summed E-state index contributed by atoms with van der Waals surface area (Å²) in [6.45, 7) is 4.22. The van der Waals surface area contributed by atoms with E-state index < -0.39 is 0 Å². The molecule has 2 aromatic rings. The summed E-state index contributed by atoms with van der Waals surface area (Å²) in [6, 6.07) is 4.20. The summed E-state index contributed by atoms with van der Waals surface area (Å²) in [4.78, 5) is 4.13. The molecule has 0 atom stereocenters. The van der Waals surface area contributed by atoms with Crippen molar-refractivity contribution in [2.45, 2.75) is 13.8 Å². The smallest absolute Gasteiger partial charge is 0.0349 e. The number of benzene rings is 1. The van der Waals surface area contributed by atoms with Gasteiger partial charge in [0.25, 0.3) is 0 Å². The molecule has 0 radical (unpaired) electrons. The third kappa shape index (κ3) is 1.35. The van der Waals surface area contributed by atoms with E-state index in [1.54, 1.807) is 0 Å². The molecular formula is C11H10BrN. The highest BCUT2D eigenvalue weighted by atomic mass is 79.9. The Morgan fingerprint density at radius 2 is 2.00 bits per heavy atom. The lowest BCUT2D eigenvalue weighted by Crippen LogP contribution is -1.85. The molecule has 0 aliphatic rings. The van der Waals surface area contributed by atoms with E-state index >= 15 is 0 Å². The van der Waals surface area contributed by atoms with Crippen LogP contribution in [0.25, 0.3) is 10.8 Å². The number of nitrogens with zero attached hydrogens (tertiary/aromatic N) is 1. The van der Waals surface area contributed by atoms with Crippen LogP contribution in [0.2, 0.25) is 0 Å². The van der Waals surface area contributed by atoms with E-state index in [0.717, 1.165) is 0 Å². The fourth-order valence-electron chi connectivity index (χ4n) is 1.54. The predicted octanol–water partition coefficient (Wildman–Crippen LogP) is 3.61. The Morgan fingerprint density at radius 1 is 1.23 bits per heavy atom. The number of aromatic nitrogens is 1. The van der Waals surface area contributed by atoms with Gasteiger partial charge in [-0.15, -0.1) is 0 Å². The maximum Gasteiger partial charge on any atom is 0.0349 e. The zero-order valence-electron chi connectivity index (χ0n) is 7.63. The second-order valence-corrected chi connectivity index (χ2v) is 4.08. The highest BCUT2D eigenvalue weighted by Crippen LogP contribution is 2.27. The van der Waals surface area contributed by atoms with E-state index in [-0.39, 0.29) is 0 Å². The van der Waals surface area contributed by atoms with Crippen molar-refractivity contribution in [3.63, 3.8) is 0 Å². The molecule has 2 heteroatoms. The van der Waals surface area contributed by atoms with Gasteiger partial charge < -0.3 is 0 Å².